The van der Waals surface area contributed by atoms with Gasteiger partial charge in [-0.2, -0.15) is 0 Å². The topological polar surface area (TPSA) is 49.6 Å². The van der Waals surface area contributed by atoms with Gasteiger partial charge in [0.15, 0.2) is 0 Å². The molecule has 19 heavy (non-hydrogen) atoms. The predicted octanol–water partition coefficient (Wildman–Crippen LogP) is 2.07. The molecule has 0 unspecified atom stereocenters. The minimum atomic E-state index is -0.274. The Labute approximate surface area is 116 Å². The summed E-state index contributed by atoms with van der Waals surface area (Å²) in [5.74, 6) is 1.47. The van der Waals surface area contributed by atoms with Crippen LogP contribution in [0.15, 0.2) is 11.6 Å². The van der Waals surface area contributed by atoms with Crippen LogP contribution < -0.4 is 5.73 Å². The Morgan fingerprint density at radius 1 is 1.37 bits per heavy atom. The molecule has 1 saturated heterocycles. The number of nitrogens with two attached hydrogens (primary N) is 1. The van der Waals surface area contributed by atoms with Gasteiger partial charge in [-0.3, -0.25) is 0 Å². The van der Waals surface area contributed by atoms with E-state index in [1.54, 1.807) is 10.5 Å². The van der Waals surface area contributed by atoms with Gasteiger partial charge in [0.05, 0.1) is 0 Å². The number of nitrogens with zero attached hydrogens (tertiary/aromatic N) is 2. The van der Waals surface area contributed by atoms with Crippen LogP contribution in [0.3, 0.4) is 0 Å². The van der Waals surface area contributed by atoms with Gasteiger partial charge in [0.25, 0.3) is 0 Å². The maximum Gasteiger partial charge on any atom is 0.314 e. The molecule has 2 amide bonds. The average Bonchev–Trinajstić information content (AvgIpc) is 2.59. The highest BCUT2D eigenvalue weighted by Gasteiger charge is 2.25. The smallest absolute Gasteiger partial charge is 0.314 e. The number of carbonyl (C=O) groups is 1. The molecule has 0 bridgehead atoms. The van der Waals surface area contributed by atoms with Crippen LogP contribution in [0.1, 0.15) is 33.1 Å². The van der Waals surface area contributed by atoms with Crippen molar-refractivity contribution < 1.29 is 4.79 Å². The zero-order valence-electron chi connectivity index (χ0n) is 12.3. The number of hydrogen-bond donors (Lipinski definition) is 1. The SMILES string of the molecule is CC1=CCC[C@@H](C)[C@H]1CN1CCCN(C(N)=O)CC1. The van der Waals surface area contributed by atoms with Crippen LogP contribution in [0, 0.1) is 11.8 Å². The van der Waals surface area contributed by atoms with Crippen molar-refractivity contribution >= 4 is 6.03 Å². The number of amides is 2. The third-order valence-corrected chi connectivity index (χ3v) is 4.72. The maximum atomic E-state index is 11.2. The van der Waals surface area contributed by atoms with E-state index in [4.69, 9.17) is 5.73 Å². The number of urea groups is 1. The van der Waals surface area contributed by atoms with Gasteiger partial charge in [-0.1, -0.05) is 18.6 Å². The number of rotatable bonds is 2. The van der Waals surface area contributed by atoms with Crippen molar-refractivity contribution in [2.75, 3.05) is 32.7 Å². The summed E-state index contributed by atoms with van der Waals surface area (Å²) in [4.78, 5) is 15.5. The van der Waals surface area contributed by atoms with Gasteiger partial charge in [-0.25, -0.2) is 4.79 Å². The fourth-order valence-corrected chi connectivity index (χ4v) is 3.35. The minimum Gasteiger partial charge on any atom is -0.351 e. The van der Waals surface area contributed by atoms with Gasteiger partial charge in [0.1, 0.15) is 0 Å². The molecule has 2 atom stereocenters. The monoisotopic (exact) mass is 265 g/mol. The molecule has 0 spiro atoms. The van der Waals surface area contributed by atoms with Crippen LogP contribution in [0.5, 0.6) is 0 Å². The van der Waals surface area contributed by atoms with Gasteiger partial charge in [-0.05, 0) is 44.6 Å². The third-order valence-electron chi connectivity index (χ3n) is 4.72. The second-order valence-electron chi connectivity index (χ2n) is 6.09. The van der Waals surface area contributed by atoms with Crippen molar-refractivity contribution in [1.29, 1.82) is 0 Å². The Kier molecular flexibility index (Phi) is 4.86. The van der Waals surface area contributed by atoms with E-state index in [2.05, 4.69) is 24.8 Å². The molecule has 108 valence electrons. The molecule has 0 saturated carbocycles. The number of primary amides is 1. The van der Waals surface area contributed by atoms with Crippen LogP contribution in [0.2, 0.25) is 0 Å². The molecule has 0 aromatic rings. The highest BCUT2D eigenvalue weighted by atomic mass is 16.2. The lowest BCUT2D eigenvalue weighted by atomic mass is 9.80. The van der Waals surface area contributed by atoms with E-state index in [-0.39, 0.29) is 6.03 Å². The minimum absolute atomic E-state index is 0.274. The first-order valence-electron chi connectivity index (χ1n) is 7.51. The van der Waals surface area contributed by atoms with E-state index in [0.717, 1.165) is 45.1 Å². The number of allylic oxidation sites excluding steroid dienone is 1. The third kappa shape index (κ3) is 3.72. The second kappa shape index (κ2) is 6.42. The van der Waals surface area contributed by atoms with Crippen molar-refractivity contribution in [1.82, 2.24) is 9.80 Å². The normalized spacial score (nSPS) is 29.8. The molecule has 1 aliphatic carbocycles. The highest BCUT2D eigenvalue weighted by molar-refractivity contribution is 5.71. The van der Waals surface area contributed by atoms with Crippen LogP contribution in [-0.4, -0.2) is 48.6 Å². The lowest BCUT2D eigenvalue weighted by Crippen LogP contribution is -2.40. The largest absolute Gasteiger partial charge is 0.351 e. The fraction of sp³-hybridized carbons (Fsp3) is 0.800. The number of carbonyl (C=O) groups excluding carboxylic acids is 1. The van der Waals surface area contributed by atoms with Crippen molar-refractivity contribution in [3.63, 3.8) is 0 Å². The molecule has 1 aliphatic heterocycles. The molecular formula is C15H27N3O. The van der Waals surface area contributed by atoms with Crippen molar-refractivity contribution in [3.05, 3.63) is 11.6 Å². The van der Waals surface area contributed by atoms with Gasteiger partial charge in [0.2, 0.25) is 0 Å². The molecule has 2 aliphatic rings. The van der Waals surface area contributed by atoms with Gasteiger partial charge in [-0.15, -0.1) is 0 Å². The molecule has 2 rings (SSSR count). The summed E-state index contributed by atoms with van der Waals surface area (Å²) < 4.78 is 0. The summed E-state index contributed by atoms with van der Waals surface area (Å²) in [5, 5.41) is 0. The zero-order chi connectivity index (χ0) is 13.8. The lowest BCUT2D eigenvalue weighted by molar-refractivity contribution is 0.197. The quantitative estimate of drug-likeness (QED) is 0.777. The van der Waals surface area contributed by atoms with Crippen LogP contribution >= 0.6 is 0 Å². The standard InChI is InChI=1S/C15H27N3O/c1-12-5-3-6-13(2)14(12)11-17-7-4-8-18(10-9-17)15(16)19/h5,13-14H,3-4,6-11H2,1-2H3,(H2,16,19)/t13-,14+/m1/s1. The van der Waals surface area contributed by atoms with Crippen LogP contribution in [0.4, 0.5) is 4.79 Å². The van der Waals surface area contributed by atoms with E-state index >= 15 is 0 Å². The van der Waals surface area contributed by atoms with Crippen molar-refractivity contribution in [3.8, 4) is 0 Å². The first-order chi connectivity index (χ1) is 9.08. The Hall–Kier alpha value is -1.03. The fourth-order valence-electron chi connectivity index (χ4n) is 3.35. The Morgan fingerprint density at radius 2 is 2.16 bits per heavy atom. The van der Waals surface area contributed by atoms with Crippen molar-refractivity contribution in [2.24, 2.45) is 17.6 Å². The summed E-state index contributed by atoms with van der Waals surface area (Å²) in [5.41, 5.74) is 6.92. The molecule has 0 aromatic carbocycles. The molecule has 1 fully saturated rings. The highest BCUT2D eigenvalue weighted by Crippen LogP contribution is 2.30. The van der Waals surface area contributed by atoms with Gasteiger partial charge in [0, 0.05) is 26.2 Å². The Balaban J connectivity index is 1.90. The summed E-state index contributed by atoms with van der Waals surface area (Å²) in [6.07, 6.45) is 5.98. The van der Waals surface area contributed by atoms with E-state index in [9.17, 15) is 4.79 Å². The van der Waals surface area contributed by atoms with Crippen molar-refractivity contribution in [2.45, 2.75) is 33.1 Å². The summed E-state index contributed by atoms with van der Waals surface area (Å²) >= 11 is 0. The first kappa shape index (κ1) is 14.4. The van der Waals surface area contributed by atoms with Crippen LogP contribution in [-0.2, 0) is 0 Å². The first-order valence-corrected chi connectivity index (χ1v) is 7.51. The Bertz CT molecular complexity index is 353. The molecule has 0 aromatic heterocycles. The van der Waals surface area contributed by atoms with E-state index in [0.29, 0.717) is 5.92 Å². The zero-order valence-corrected chi connectivity index (χ0v) is 12.3. The molecule has 2 N–H and O–H groups in total. The summed E-state index contributed by atoms with van der Waals surface area (Å²) in [6, 6.07) is -0.274. The molecular weight excluding hydrogens is 238 g/mol. The van der Waals surface area contributed by atoms with E-state index in [1.165, 1.54) is 12.8 Å². The molecule has 1 heterocycles. The van der Waals surface area contributed by atoms with Gasteiger partial charge < -0.3 is 15.5 Å². The predicted molar refractivity (Wildman–Crippen MR) is 77.9 cm³/mol. The van der Waals surface area contributed by atoms with Crippen LogP contribution in [0.25, 0.3) is 0 Å². The summed E-state index contributed by atoms with van der Waals surface area (Å²) in [6.45, 7) is 9.40. The van der Waals surface area contributed by atoms with E-state index in [1.807, 2.05) is 0 Å². The van der Waals surface area contributed by atoms with Gasteiger partial charge >= 0.3 is 6.03 Å². The second-order valence-corrected chi connectivity index (χ2v) is 6.09. The lowest BCUT2D eigenvalue weighted by Gasteiger charge is -2.33. The average molecular weight is 265 g/mol. The molecule has 4 heteroatoms. The Morgan fingerprint density at radius 3 is 2.84 bits per heavy atom. The molecule has 4 nitrogen and oxygen atoms in total. The van der Waals surface area contributed by atoms with E-state index < -0.39 is 0 Å². The maximum absolute atomic E-state index is 11.2. The summed E-state index contributed by atoms with van der Waals surface area (Å²) in [7, 11) is 0. The number of hydrogen-bond acceptors (Lipinski definition) is 2. The molecule has 0 radical (unpaired) electrons.